The number of aliphatic hydroxyl groups is 1. The van der Waals surface area contributed by atoms with Gasteiger partial charge in [0.15, 0.2) is 11.5 Å². The van der Waals surface area contributed by atoms with Crippen molar-refractivity contribution in [2.45, 2.75) is 0 Å². The summed E-state index contributed by atoms with van der Waals surface area (Å²) in [5, 5.41) is 20.5. The number of morpholine rings is 1. The molecule has 9 heteroatoms. The van der Waals surface area contributed by atoms with E-state index in [1.165, 1.54) is 0 Å². The second-order valence-corrected chi connectivity index (χ2v) is 7.89. The van der Waals surface area contributed by atoms with Crippen molar-refractivity contribution in [3.05, 3.63) is 78.6 Å². The molecule has 0 saturated carbocycles. The molecule has 4 aromatic rings. The van der Waals surface area contributed by atoms with Crippen LogP contribution in [0.2, 0.25) is 0 Å². The van der Waals surface area contributed by atoms with Gasteiger partial charge < -0.3 is 15.2 Å². The molecule has 1 aliphatic heterocycles. The molecule has 9 nitrogen and oxygen atoms in total. The van der Waals surface area contributed by atoms with Gasteiger partial charge in [-0.1, -0.05) is 30.3 Å². The lowest BCUT2D eigenvalue weighted by Crippen LogP contribution is -2.47. The van der Waals surface area contributed by atoms with Crippen LogP contribution in [0.1, 0.15) is 10.4 Å². The predicted octanol–water partition coefficient (Wildman–Crippen LogP) is 2.50. The molecule has 34 heavy (non-hydrogen) atoms. The number of aromatic nitrogens is 3. The lowest BCUT2D eigenvalue weighted by molar-refractivity contribution is 0.0375. The van der Waals surface area contributed by atoms with Gasteiger partial charge in [0.05, 0.1) is 31.7 Å². The number of amides is 1. The Balaban J connectivity index is 1.54. The highest BCUT2D eigenvalue weighted by Crippen LogP contribution is 2.30. The van der Waals surface area contributed by atoms with E-state index in [4.69, 9.17) is 14.8 Å². The van der Waals surface area contributed by atoms with Crippen LogP contribution in [-0.2, 0) is 4.74 Å². The van der Waals surface area contributed by atoms with Crippen molar-refractivity contribution in [1.82, 2.24) is 24.9 Å². The number of fused-ring (bicyclic) bond motifs is 1. The molecule has 3 heterocycles. The first kappa shape index (κ1) is 22.0. The van der Waals surface area contributed by atoms with E-state index in [0.29, 0.717) is 24.4 Å². The minimum Gasteiger partial charge on any atom is -0.395 e. The number of carbonyl (C=O) groups is 1. The standard InChI is InChI=1S/C25H26N6O3/c32-14-10-26-25(33)20-6-4-5-19(17-20)22-18-27-30-11-9-23(28-24(22)30)31(21-7-2-1-3-8-21)29-12-15-34-16-13-29/h1-9,11,17-18,32H,10,12-16H2,(H,26,33). The highest BCUT2D eigenvalue weighted by molar-refractivity contribution is 5.96. The Labute approximate surface area is 197 Å². The van der Waals surface area contributed by atoms with Crippen LogP contribution >= 0.6 is 0 Å². The number of rotatable bonds is 7. The molecule has 0 radical (unpaired) electrons. The maximum atomic E-state index is 12.4. The van der Waals surface area contributed by atoms with Gasteiger partial charge >= 0.3 is 0 Å². The maximum absolute atomic E-state index is 12.4. The van der Waals surface area contributed by atoms with Crippen molar-refractivity contribution < 1.29 is 14.6 Å². The second kappa shape index (κ2) is 10.0. The van der Waals surface area contributed by atoms with Crippen molar-refractivity contribution >= 4 is 23.1 Å². The number of aliphatic hydroxyl groups excluding tert-OH is 1. The van der Waals surface area contributed by atoms with Gasteiger partial charge in [0.1, 0.15) is 0 Å². The van der Waals surface area contributed by atoms with Crippen LogP contribution in [0.4, 0.5) is 11.5 Å². The Hall–Kier alpha value is -3.79. The SMILES string of the molecule is O=C(NCCO)c1cccc(-c2cnn3ccc(N(c4ccccc4)N4CCOCC4)nc23)c1. The Bertz CT molecular complexity index is 1270. The molecule has 2 N–H and O–H groups in total. The van der Waals surface area contributed by atoms with Gasteiger partial charge in [-0.15, -0.1) is 0 Å². The number of nitrogens with zero attached hydrogens (tertiary/aromatic N) is 5. The highest BCUT2D eigenvalue weighted by atomic mass is 16.5. The van der Waals surface area contributed by atoms with E-state index < -0.39 is 0 Å². The summed E-state index contributed by atoms with van der Waals surface area (Å²) in [6.45, 7) is 2.95. The summed E-state index contributed by atoms with van der Waals surface area (Å²) >= 11 is 0. The Morgan fingerprint density at radius 3 is 2.71 bits per heavy atom. The van der Waals surface area contributed by atoms with Crippen LogP contribution in [-0.4, -0.2) is 70.1 Å². The molecule has 174 valence electrons. The third-order valence-corrected chi connectivity index (χ3v) is 5.68. The summed E-state index contributed by atoms with van der Waals surface area (Å²) in [4.78, 5) is 17.4. The summed E-state index contributed by atoms with van der Waals surface area (Å²) in [7, 11) is 0. The zero-order chi connectivity index (χ0) is 23.3. The number of hydrogen-bond donors (Lipinski definition) is 2. The molecular weight excluding hydrogens is 432 g/mol. The van der Waals surface area contributed by atoms with Gasteiger partial charge in [-0.3, -0.25) is 9.80 Å². The van der Waals surface area contributed by atoms with E-state index in [1.807, 2.05) is 48.7 Å². The number of ether oxygens (including phenoxy) is 1. The summed E-state index contributed by atoms with van der Waals surface area (Å²) < 4.78 is 7.30. The van der Waals surface area contributed by atoms with Crippen LogP contribution in [0.5, 0.6) is 0 Å². The first-order chi connectivity index (χ1) is 16.7. The predicted molar refractivity (Wildman–Crippen MR) is 129 cm³/mol. The molecule has 0 bridgehead atoms. The van der Waals surface area contributed by atoms with E-state index in [0.717, 1.165) is 35.7 Å². The quantitative estimate of drug-likeness (QED) is 0.439. The number of carbonyl (C=O) groups excluding carboxylic acids is 1. The van der Waals surface area contributed by atoms with Crippen LogP contribution in [0.3, 0.4) is 0 Å². The van der Waals surface area contributed by atoms with E-state index in [1.54, 1.807) is 16.8 Å². The average Bonchev–Trinajstić information content (AvgIpc) is 3.32. The Morgan fingerprint density at radius 2 is 1.91 bits per heavy atom. The van der Waals surface area contributed by atoms with Crippen molar-refractivity contribution in [2.24, 2.45) is 0 Å². The van der Waals surface area contributed by atoms with E-state index in [9.17, 15) is 4.79 Å². The number of para-hydroxylation sites is 1. The van der Waals surface area contributed by atoms with Crippen LogP contribution in [0.25, 0.3) is 16.8 Å². The lowest BCUT2D eigenvalue weighted by Gasteiger charge is -2.38. The minimum atomic E-state index is -0.233. The zero-order valence-electron chi connectivity index (χ0n) is 18.7. The number of benzene rings is 2. The highest BCUT2D eigenvalue weighted by Gasteiger charge is 2.23. The van der Waals surface area contributed by atoms with Gasteiger partial charge in [0.25, 0.3) is 5.91 Å². The molecule has 0 spiro atoms. The number of hydrazine groups is 1. The maximum Gasteiger partial charge on any atom is 0.251 e. The summed E-state index contributed by atoms with van der Waals surface area (Å²) in [6, 6.07) is 19.4. The first-order valence-electron chi connectivity index (χ1n) is 11.3. The van der Waals surface area contributed by atoms with Crippen LogP contribution < -0.4 is 10.3 Å². The van der Waals surface area contributed by atoms with Crippen molar-refractivity contribution in [2.75, 3.05) is 44.5 Å². The summed E-state index contributed by atoms with van der Waals surface area (Å²) in [5.41, 5.74) is 3.90. The molecule has 0 aliphatic carbocycles. The first-order valence-corrected chi connectivity index (χ1v) is 11.3. The lowest BCUT2D eigenvalue weighted by atomic mass is 10.1. The Kier molecular flexibility index (Phi) is 6.48. The number of nitrogens with one attached hydrogen (secondary N) is 1. The minimum absolute atomic E-state index is 0.104. The fourth-order valence-corrected chi connectivity index (χ4v) is 4.04. The fourth-order valence-electron chi connectivity index (χ4n) is 4.04. The normalized spacial score (nSPS) is 14.3. The molecule has 0 atom stereocenters. The molecule has 2 aromatic carbocycles. The van der Waals surface area contributed by atoms with Gasteiger partial charge in [-0.05, 0) is 29.8 Å². The largest absolute Gasteiger partial charge is 0.395 e. The molecule has 5 rings (SSSR count). The monoisotopic (exact) mass is 458 g/mol. The van der Waals surface area contributed by atoms with E-state index in [-0.39, 0.29) is 19.1 Å². The van der Waals surface area contributed by atoms with Gasteiger partial charge in [-0.2, -0.15) is 5.10 Å². The van der Waals surface area contributed by atoms with Gasteiger partial charge in [0, 0.05) is 43.0 Å². The Morgan fingerprint density at radius 1 is 1.09 bits per heavy atom. The molecule has 1 aliphatic rings. The third kappa shape index (κ3) is 4.49. The zero-order valence-corrected chi connectivity index (χ0v) is 18.7. The summed E-state index contributed by atoms with van der Waals surface area (Å²) in [5.74, 6) is 0.544. The van der Waals surface area contributed by atoms with Crippen LogP contribution in [0.15, 0.2) is 73.1 Å². The molecule has 2 aromatic heterocycles. The van der Waals surface area contributed by atoms with Crippen molar-refractivity contribution in [3.8, 4) is 11.1 Å². The van der Waals surface area contributed by atoms with Gasteiger partial charge in [-0.25, -0.2) is 14.5 Å². The smallest absolute Gasteiger partial charge is 0.251 e. The average molecular weight is 459 g/mol. The fraction of sp³-hybridized carbons (Fsp3) is 0.240. The molecule has 1 saturated heterocycles. The van der Waals surface area contributed by atoms with Gasteiger partial charge in [0.2, 0.25) is 0 Å². The molecule has 1 amide bonds. The topological polar surface area (TPSA) is 95.2 Å². The molecular formula is C25H26N6O3. The number of hydrogen-bond acceptors (Lipinski definition) is 7. The summed E-state index contributed by atoms with van der Waals surface area (Å²) in [6.07, 6.45) is 3.66. The van der Waals surface area contributed by atoms with Crippen molar-refractivity contribution in [1.29, 1.82) is 0 Å². The second-order valence-electron chi connectivity index (χ2n) is 7.89. The van der Waals surface area contributed by atoms with E-state index in [2.05, 4.69) is 32.6 Å². The third-order valence-electron chi connectivity index (χ3n) is 5.68. The molecule has 0 unspecified atom stereocenters. The van der Waals surface area contributed by atoms with Crippen molar-refractivity contribution in [3.63, 3.8) is 0 Å². The number of anilines is 2. The van der Waals surface area contributed by atoms with Crippen LogP contribution in [0, 0.1) is 0 Å². The molecule has 1 fully saturated rings. The van der Waals surface area contributed by atoms with E-state index >= 15 is 0 Å².